The maximum absolute atomic E-state index is 13.0. The van der Waals surface area contributed by atoms with Crippen molar-refractivity contribution >= 4 is 17.6 Å². The lowest BCUT2D eigenvalue weighted by molar-refractivity contribution is -0.141. The van der Waals surface area contributed by atoms with Gasteiger partial charge in [0.15, 0.2) is 0 Å². The molecule has 188 valence electrons. The Labute approximate surface area is 202 Å². The van der Waals surface area contributed by atoms with Crippen molar-refractivity contribution in [1.82, 2.24) is 25.1 Å². The third-order valence-electron chi connectivity index (χ3n) is 5.70. The molecule has 0 bridgehead atoms. The molecule has 2 aromatic rings. The zero-order chi connectivity index (χ0) is 25.9. The number of aryl methyl sites for hydroxylation is 1. The molecule has 0 unspecified atom stereocenters. The summed E-state index contributed by atoms with van der Waals surface area (Å²) in [5.41, 5.74) is 1.86. The van der Waals surface area contributed by atoms with Crippen molar-refractivity contribution in [2.75, 3.05) is 34.2 Å². The van der Waals surface area contributed by atoms with Crippen LogP contribution in [0, 0.1) is 6.92 Å². The van der Waals surface area contributed by atoms with E-state index in [0.29, 0.717) is 11.3 Å². The molecule has 2 atom stereocenters. The van der Waals surface area contributed by atoms with E-state index in [1.807, 2.05) is 31.2 Å². The Morgan fingerprint density at radius 3 is 2.34 bits per heavy atom. The molecule has 3 rings (SSSR count). The summed E-state index contributed by atoms with van der Waals surface area (Å²) in [6.07, 6.45) is -3.44. The van der Waals surface area contributed by atoms with Crippen LogP contribution in [0.5, 0.6) is 0 Å². The van der Waals surface area contributed by atoms with Crippen LogP contribution in [0.3, 0.4) is 0 Å². The Bertz CT molecular complexity index is 1080. The average molecular weight is 491 g/mol. The highest BCUT2D eigenvalue weighted by molar-refractivity contribution is 6.08. The SMILES string of the molecule is Cc1ccc(C2=NN(C(=O)N[C@H](C)c3ccc(C(F)(F)F)nc3)C[C@@H]2N(C)C(=O)CN(C)C)cc1. The molecule has 0 saturated heterocycles. The number of urea groups is 1. The van der Waals surface area contributed by atoms with Crippen molar-refractivity contribution in [1.29, 1.82) is 0 Å². The number of nitrogens with zero attached hydrogens (tertiary/aromatic N) is 5. The summed E-state index contributed by atoms with van der Waals surface area (Å²) in [6.45, 7) is 3.95. The molecule has 1 N–H and O–H groups in total. The number of carbonyl (C=O) groups excluding carboxylic acids is 2. The maximum atomic E-state index is 13.0. The van der Waals surface area contributed by atoms with Gasteiger partial charge < -0.3 is 15.1 Å². The van der Waals surface area contributed by atoms with E-state index in [4.69, 9.17) is 0 Å². The molecule has 35 heavy (non-hydrogen) atoms. The van der Waals surface area contributed by atoms with Gasteiger partial charge in [0.25, 0.3) is 0 Å². The van der Waals surface area contributed by atoms with E-state index in [9.17, 15) is 22.8 Å². The molecule has 1 aromatic heterocycles. The third kappa shape index (κ3) is 6.36. The Morgan fingerprint density at radius 1 is 1.14 bits per heavy atom. The lowest BCUT2D eigenvalue weighted by Crippen LogP contribution is -2.48. The first kappa shape index (κ1) is 26.1. The molecule has 1 aliphatic rings. The van der Waals surface area contributed by atoms with Crippen LogP contribution in [0.4, 0.5) is 18.0 Å². The molecule has 0 radical (unpaired) electrons. The average Bonchev–Trinajstić information content (AvgIpc) is 3.23. The fourth-order valence-electron chi connectivity index (χ4n) is 3.62. The van der Waals surface area contributed by atoms with Crippen LogP contribution >= 0.6 is 0 Å². The number of hydrazone groups is 1. The first-order valence-electron chi connectivity index (χ1n) is 11.0. The number of likely N-dealkylation sites (N-methyl/N-ethyl adjacent to an activating group) is 2. The lowest BCUT2D eigenvalue weighted by atomic mass is 10.0. The van der Waals surface area contributed by atoms with Crippen LogP contribution < -0.4 is 5.32 Å². The highest BCUT2D eigenvalue weighted by Gasteiger charge is 2.36. The number of hydrogen-bond donors (Lipinski definition) is 1. The van der Waals surface area contributed by atoms with Gasteiger partial charge in [0.2, 0.25) is 5.91 Å². The number of halogens is 3. The minimum absolute atomic E-state index is 0.119. The van der Waals surface area contributed by atoms with Gasteiger partial charge in [0, 0.05) is 13.2 Å². The first-order valence-corrected chi connectivity index (χ1v) is 11.0. The summed E-state index contributed by atoms with van der Waals surface area (Å²) >= 11 is 0. The quantitative estimate of drug-likeness (QED) is 0.674. The Kier molecular flexibility index (Phi) is 7.79. The third-order valence-corrected chi connectivity index (χ3v) is 5.70. The highest BCUT2D eigenvalue weighted by Crippen LogP contribution is 2.28. The molecule has 0 saturated carbocycles. The predicted octanol–water partition coefficient (Wildman–Crippen LogP) is 3.29. The zero-order valence-corrected chi connectivity index (χ0v) is 20.3. The fraction of sp³-hybridized carbons (Fsp3) is 0.417. The lowest BCUT2D eigenvalue weighted by Gasteiger charge is -2.27. The van der Waals surface area contributed by atoms with E-state index in [1.165, 1.54) is 11.1 Å². The Balaban J connectivity index is 1.79. The standard InChI is InChI=1S/C24H29F3N6O2/c1-15-6-8-17(9-7-15)22-19(32(5)21(34)14-31(3)4)13-33(30-22)23(35)29-16(2)18-10-11-20(28-12-18)24(25,26)27/h6-12,16,19H,13-14H2,1-5H3,(H,29,35)/t16-,19+/m1/s1. The second-order valence-electron chi connectivity index (χ2n) is 8.84. The van der Waals surface area contributed by atoms with Crippen molar-refractivity contribution < 1.29 is 22.8 Å². The summed E-state index contributed by atoms with van der Waals surface area (Å²) in [7, 11) is 5.28. The van der Waals surface area contributed by atoms with Crippen LogP contribution in [-0.4, -0.2) is 77.7 Å². The Morgan fingerprint density at radius 2 is 1.80 bits per heavy atom. The largest absolute Gasteiger partial charge is 0.433 e. The van der Waals surface area contributed by atoms with E-state index in [0.717, 1.165) is 23.4 Å². The van der Waals surface area contributed by atoms with Crippen LogP contribution in [-0.2, 0) is 11.0 Å². The topological polar surface area (TPSA) is 81.1 Å². The van der Waals surface area contributed by atoms with Gasteiger partial charge in [-0.1, -0.05) is 35.9 Å². The molecule has 0 aliphatic carbocycles. The fourth-order valence-corrected chi connectivity index (χ4v) is 3.62. The predicted molar refractivity (Wildman–Crippen MR) is 126 cm³/mol. The summed E-state index contributed by atoms with van der Waals surface area (Å²) < 4.78 is 38.3. The van der Waals surface area contributed by atoms with Gasteiger partial charge in [-0.3, -0.25) is 9.78 Å². The van der Waals surface area contributed by atoms with Gasteiger partial charge in [-0.05, 0) is 45.1 Å². The minimum atomic E-state index is -4.54. The van der Waals surface area contributed by atoms with Crippen LogP contribution in [0.15, 0.2) is 47.7 Å². The molecular formula is C24H29F3N6O2. The number of benzene rings is 1. The normalized spacial score (nSPS) is 16.8. The molecule has 11 heteroatoms. The molecule has 0 fully saturated rings. The maximum Gasteiger partial charge on any atom is 0.433 e. The summed E-state index contributed by atoms with van der Waals surface area (Å²) in [5, 5.41) is 8.50. The number of aromatic nitrogens is 1. The molecule has 2 heterocycles. The Hall–Kier alpha value is -3.47. The smallest absolute Gasteiger partial charge is 0.334 e. The number of alkyl halides is 3. The van der Waals surface area contributed by atoms with Crippen LogP contribution in [0.2, 0.25) is 0 Å². The second-order valence-corrected chi connectivity index (χ2v) is 8.84. The van der Waals surface area contributed by atoms with Gasteiger partial charge >= 0.3 is 12.2 Å². The van der Waals surface area contributed by atoms with Crippen molar-refractivity contribution in [3.8, 4) is 0 Å². The second kappa shape index (κ2) is 10.4. The van der Waals surface area contributed by atoms with E-state index in [1.54, 1.807) is 37.9 Å². The van der Waals surface area contributed by atoms with Crippen molar-refractivity contribution in [2.24, 2.45) is 5.10 Å². The van der Waals surface area contributed by atoms with Gasteiger partial charge in [-0.2, -0.15) is 18.3 Å². The number of rotatable bonds is 6. The van der Waals surface area contributed by atoms with E-state index >= 15 is 0 Å². The van der Waals surface area contributed by atoms with Crippen LogP contribution in [0.25, 0.3) is 0 Å². The highest BCUT2D eigenvalue weighted by atomic mass is 19.4. The van der Waals surface area contributed by atoms with Crippen LogP contribution in [0.1, 0.15) is 35.3 Å². The first-order chi connectivity index (χ1) is 16.4. The van der Waals surface area contributed by atoms with Gasteiger partial charge in [-0.15, -0.1) is 0 Å². The monoisotopic (exact) mass is 490 g/mol. The molecule has 0 spiro atoms. The van der Waals surface area contributed by atoms with Crippen molar-refractivity contribution in [2.45, 2.75) is 32.1 Å². The summed E-state index contributed by atoms with van der Waals surface area (Å²) in [4.78, 5) is 32.5. The number of amides is 3. The van der Waals surface area contributed by atoms with E-state index in [2.05, 4.69) is 15.4 Å². The van der Waals surface area contributed by atoms with Gasteiger partial charge in [-0.25, -0.2) is 9.80 Å². The summed E-state index contributed by atoms with van der Waals surface area (Å²) in [6, 6.07) is 8.20. The van der Waals surface area contributed by atoms with Gasteiger partial charge in [0.05, 0.1) is 30.9 Å². The molecule has 1 aromatic carbocycles. The summed E-state index contributed by atoms with van der Waals surface area (Å²) in [5.74, 6) is -0.119. The number of hydrogen-bond acceptors (Lipinski definition) is 5. The zero-order valence-electron chi connectivity index (χ0n) is 20.3. The van der Waals surface area contributed by atoms with Crippen molar-refractivity contribution in [3.05, 3.63) is 65.0 Å². The molecule has 8 nitrogen and oxygen atoms in total. The van der Waals surface area contributed by atoms with E-state index in [-0.39, 0.29) is 19.0 Å². The number of carbonyl (C=O) groups is 2. The molecule has 3 amide bonds. The molecule has 1 aliphatic heterocycles. The van der Waals surface area contributed by atoms with Crippen molar-refractivity contribution in [3.63, 3.8) is 0 Å². The number of pyridine rings is 1. The minimum Gasteiger partial charge on any atom is -0.334 e. The number of nitrogens with one attached hydrogen (secondary N) is 1. The van der Waals surface area contributed by atoms with Gasteiger partial charge in [0.1, 0.15) is 5.69 Å². The van der Waals surface area contributed by atoms with E-state index < -0.39 is 30.0 Å². The molecular weight excluding hydrogens is 461 g/mol.